The highest BCUT2D eigenvalue weighted by molar-refractivity contribution is 5.66. The van der Waals surface area contributed by atoms with Crippen molar-refractivity contribution < 1.29 is 0 Å². The van der Waals surface area contributed by atoms with Gasteiger partial charge in [0.25, 0.3) is 0 Å². The number of benzene rings is 1. The van der Waals surface area contributed by atoms with Gasteiger partial charge in [0, 0.05) is 6.54 Å². The van der Waals surface area contributed by atoms with E-state index in [1.165, 1.54) is 0 Å². The van der Waals surface area contributed by atoms with Gasteiger partial charge in [-0.25, -0.2) is 4.68 Å². The SMILES string of the molecule is CCNc1nn(-c2cccc(C)c2)c(N)c1C#N. The van der Waals surface area contributed by atoms with Crippen molar-refractivity contribution in [3.8, 4) is 11.8 Å². The molecule has 92 valence electrons. The zero-order valence-electron chi connectivity index (χ0n) is 10.4. The molecule has 0 atom stereocenters. The normalized spacial score (nSPS) is 10.1. The summed E-state index contributed by atoms with van der Waals surface area (Å²) in [6.45, 7) is 4.64. The van der Waals surface area contributed by atoms with Gasteiger partial charge in [-0.3, -0.25) is 0 Å². The molecule has 1 heterocycles. The van der Waals surface area contributed by atoms with Gasteiger partial charge in [0.15, 0.2) is 5.82 Å². The van der Waals surface area contributed by atoms with Crippen molar-refractivity contribution in [1.29, 1.82) is 5.26 Å². The van der Waals surface area contributed by atoms with E-state index < -0.39 is 0 Å². The summed E-state index contributed by atoms with van der Waals surface area (Å²) in [5.41, 5.74) is 8.32. The third-order valence-electron chi connectivity index (χ3n) is 2.62. The summed E-state index contributed by atoms with van der Waals surface area (Å²) < 4.78 is 1.59. The van der Waals surface area contributed by atoms with E-state index >= 15 is 0 Å². The third-order valence-corrected chi connectivity index (χ3v) is 2.62. The van der Waals surface area contributed by atoms with Crippen LogP contribution < -0.4 is 11.1 Å². The molecule has 2 rings (SSSR count). The van der Waals surface area contributed by atoms with Crippen molar-refractivity contribution in [2.75, 3.05) is 17.6 Å². The summed E-state index contributed by atoms with van der Waals surface area (Å²) in [6.07, 6.45) is 0. The van der Waals surface area contributed by atoms with Crippen LogP contribution in [-0.4, -0.2) is 16.3 Å². The first kappa shape index (κ1) is 12.0. The van der Waals surface area contributed by atoms with Crippen LogP contribution in [0.15, 0.2) is 24.3 Å². The molecule has 0 saturated heterocycles. The molecule has 0 unspecified atom stereocenters. The lowest BCUT2D eigenvalue weighted by Crippen LogP contribution is -2.03. The van der Waals surface area contributed by atoms with E-state index in [4.69, 9.17) is 11.0 Å². The third kappa shape index (κ3) is 2.00. The summed E-state index contributed by atoms with van der Waals surface area (Å²) >= 11 is 0. The van der Waals surface area contributed by atoms with Crippen LogP contribution in [0.4, 0.5) is 11.6 Å². The fraction of sp³-hybridized carbons (Fsp3) is 0.231. The number of rotatable bonds is 3. The number of nitriles is 1. The second kappa shape index (κ2) is 4.80. The first-order valence-electron chi connectivity index (χ1n) is 5.77. The maximum absolute atomic E-state index is 9.12. The number of nitrogens with two attached hydrogens (primary N) is 1. The summed E-state index contributed by atoms with van der Waals surface area (Å²) in [5.74, 6) is 0.887. The second-order valence-electron chi connectivity index (χ2n) is 4.00. The Kier molecular flexibility index (Phi) is 3.20. The van der Waals surface area contributed by atoms with Crippen LogP contribution in [0.25, 0.3) is 5.69 Å². The van der Waals surface area contributed by atoms with Gasteiger partial charge in [-0.2, -0.15) is 5.26 Å². The fourth-order valence-electron chi connectivity index (χ4n) is 1.79. The van der Waals surface area contributed by atoms with Crippen molar-refractivity contribution in [3.05, 3.63) is 35.4 Å². The number of nitrogens with one attached hydrogen (secondary N) is 1. The quantitative estimate of drug-likeness (QED) is 0.862. The van der Waals surface area contributed by atoms with Gasteiger partial charge in [0.2, 0.25) is 0 Å². The van der Waals surface area contributed by atoms with Gasteiger partial charge in [-0.15, -0.1) is 5.10 Å². The van der Waals surface area contributed by atoms with Gasteiger partial charge in [0.05, 0.1) is 5.69 Å². The number of hydrogen-bond acceptors (Lipinski definition) is 4. The monoisotopic (exact) mass is 241 g/mol. The van der Waals surface area contributed by atoms with E-state index in [1.54, 1.807) is 4.68 Å². The molecule has 0 fully saturated rings. The molecule has 0 spiro atoms. The standard InChI is InChI=1S/C13H15N5/c1-3-16-13-11(8-14)12(15)18(17-13)10-6-4-5-9(2)7-10/h4-7H,3,15H2,1-2H3,(H,16,17). The average molecular weight is 241 g/mol. The average Bonchev–Trinajstić information content (AvgIpc) is 2.66. The molecule has 0 amide bonds. The van der Waals surface area contributed by atoms with Crippen LogP contribution in [-0.2, 0) is 0 Å². The van der Waals surface area contributed by atoms with E-state index in [0.29, 0.717) is 23.7 Å². The molecule has 3 N–H and O–H groups in total. The number of aryl methyl sites for hydroxylation is 1. The Morgan fingerprint density at radius 3 is 2.89 bits per heavy atom. The van der Waals surface area contributed by atoms with E-state index in [2.05, 4.69) is 16.5 Å². The Hall–Kier alpha value is -2.48. The maximum Gasteiger partial charge on any atom is 0.168 e. The highest BCUT2D eigenvalue weighted by Crippen LogP contribution is 2.24. The molecule has 0 aliphatic heterocycles. The summed E-state index contributed by atoms with van der Waals surface area (Å²) in [6, 6.07) is 9.90. The lowest BCUT2D eigenvalue weighted by molar-refractivity contribution is 0.888. The minimum Gasteiger partial charge on any atom is -0.382 e. The van der Waals surface area contributed by atoms with Gasteiger partial charge in [-0.05, 0) is 31.5 Å². The molecule has 0 bridgehead atoms. The maximum atomic E-state index is 9.12. The van der Waals surface area contributed by atoms with Crippen molar-refractivity contribution in [1.82, 2.24) is 9.78 Å². The van der Waals surface area contributed by atoms with Gasteiger partial charge in [0.1, 0.15) is 17.5 Å². The Bertz CT molecular complexity index is 606. The topological polar surface area (TPSA) is 79.7 Å². The smallest absolute Gasteiger partial charge is 0.168 e. The zero-order chi connectivity index (χ0) is 13.1. The lowest BCUT2D eigenvalue weighted by atomic mass is 10.2. The molecule has 5 nitrogen and oxygen atoms in total. The van der Waals surface area contributed by atoms with E-state index in [9.17, 15) is 0 Å². The Labute approximate surface area is 106 Å². The highest BCUT2D eigenvalue weighted by Gasteiger charge is 2.15. The van der Waals surface area contributed by atoms with E-state index in [1.807, 2.05) is 38.1 Å². The van der Waals surface area contributed by atoms with Crippen LogP contribution in [0.5, 0.6) is 0 Å². The molecular formula is C13H15N5. The molecule has 1 aromatic carbocycles. The molecule has 0 saturated carbocycles. The van der Waals surface area contributed by atoms with Gasteiger partial charge in [-0.1, -0.05) is 12.1 Å². The zero-order valence-corrected chi connectivity index (χ0v) is 10.4. The summed E-state index contributed by atoms with van der Waals surface area (Å²) in [4.78, 5) is 0. The molecule has 18 heavy (non-hydrogen) atoms. The van der Waals surface area contributed by atoms with E-state index in [-0.39, 0.29) is 0 Å². The molecule has 1 aromatic heterocycles. The van der Waals surface area contributed by atoms with Crippen LogP contribution in [0.2, 0.25) is 0 Å². The number of hydrogen-bond donors (Lipinski definition) is 2. The molecule has 5 heteroatoms. The molecule has 2 aromatic rings. The van der Waals surface area contributed by atoms with Crippen LogP contribution in [0.3, 0.4) is 0 Å². The van der Waals surface area contributed by atoms with Crippen molar-refractivity contribution >= 4 is 11.6 Å². The highest BCUT2D eigenvalue weighted by atomic mass is 15.3. The largest absolute Gasteiger partial charge is 0.382 e. The predicted molar refractivity (Wildman–Crippen MR) is 71.6 cm³/mol. The summed E-state index contributed by atoms with van der Waals surface area (Å²) in [5, 5.41) is 16.5. The van der Waals surface area contributed by atoms with Crippen LogP contribution in [0, 0.1) is 18.3 Å². The second-order valence-corrected chi connectivity index (χ2v) is 4.00. The molecule has 0 radical (unpaired) electrons. The lowest BCUT2D eigenvalue weighted by Gasteiger charge is -2.04. The Balaban J connectivity index is 2.56. The summed E-state index contributed by atoms with van der Waals surface area (Å²) in [7, 11) is 0. The number of nitrogen functional groups attached to an aromatic ring is 1. The number of nitrogens with zero attached hydrogens (tertiary/aromatic N) is 3. The number of anilines is 2. The van der Waals surface area contributed by atoms with Crippen molar-refractivity contribution in [3.63, 3.8) is 0 Å². The Morgan fingerprint density at radius 1 is 1.50 bits per heavy atom. The van der Waals surface area contributed by atoms with Crippen LogP contribution in [0.1, 0.15) is 18.1 Å². The molecule has 0 aliphatic rings. The van der Waals surface area contributed by atoms with Crippen molar-refractivity contribution in [2.45, 2.75) is 13.8 Å². The molecule has 0 aliphatic carbocycles. The first-order valence-corrected chi connectivity index (χ1v) is 5.77. The number of aromatic nitrogens is 2. The van der Waals surface area contributed by atoms with Crippen LogP contribution >= 0.6 is 0 Å². The predicted octanol–water partition coefficient (Wildman–Crippen LogP) is 2.07. The molecular weight excluding hydrogens is 226 g/mol. The van der Waals surface area contributed by atoms with Gasteiger partial charge >= 0.3 is 0 Å². The first-order chi connectivity index (χ1) is 8.67. The minimum absolute atomic E-state index is 0.360. The van der Waals surface area contributed by atoms with Gasteiger partial charge < -0.3 is 11.1 Å². The fourth-order valence-corrected chi connectivity index (χ4v) is 1.79. The minimum atomic E-state index is 0.360. The Morgan fingerprint density at radius 2 is 2.28 bits per heavy atom. The van der Waals surface area contributed by atoms with Crippen molar-refractivity contribution in [2.24, 2.45) is 0 Å². The van der Waals surface area contributed by atoms with E-state index in [0.717, 1.165) is 11.3 Å².